The maximum atomic E-state index is 11.2. The van der Waals surface area contributed by atoms with Crippen LogP contribution in [0.4, 0.5) is 11.4 Å². The largest absolute Gasteiger partial charge is 0.325 e. The van der Waals surface area contributed by atoms with E-state index in [0.717, 1.165) is 11.4 Å². The van der Waals surface area contributed by atoms with Crippen LogP contribution in [-0.2, 0) is 4.79 Å². The smallest absolute Gasteiger partial charge is 0.250 e. The Morgan fingerprint density at radius 3 is 2.38 bits per heavy atom. The monoisotopic (exact) mass is 177 g/mol. The molecule has 1 aromatic carbocycles. The molecular formula is C10H13N2O+. The minimum atomic E-state index is -0.156. The van der Waals surface area contributed by atoms with Crippen molar-refractivity contribution in [1.29, 1.82) is 0 Å². The predicted molar refractivity (Wildman–Crippen MR) is 52.4 cm³/mol. The van der Waals surface area contributed by atoms with Crippen LogP contribution in [0.2, 0.25) is 0 Å². The van der Waals surface area contributed by atoms with Crippen LogP contribution in [0.3, 0.4) is 0 Å². The lowest BCUT2D eigenvalue weighted by atomic mass is 10.2. The molecular weight excluding hydrogens is 164 g/mol. The maximum Gasteiger partial charge on any atom is 0.250 e. The van der Waals surface area contributed by atoms with Crippen LogP contribution in [-0.4, -0.2) is 5.91 Å². The fourth-order valence-electron chi connectivity index (χ4n) is 0.826. The SMILES string of the molecule is C=C(C)C(=O)Nc1ccc([NH3+])cc1. The fourth-order valence-corrected chi connectivity index (χ4v) is 0.826. The summed E-state index contributed by atoms with van der Waals surface area (Å²) in [6.45, 7) is 5.22. The number of quaternary nitrogens is 1. The van der Waals surface area contributed by atoms with Gasteiger partial charge in [-0.3, -0.25) is 4.79 Å². The molecule has 68 valence electrons. The summed E-state index contributed by atoms with van der Waals surface area (Å²) in [6, 6.07) is 7.30. The standard InChI is InChI=1S/C10H12N2O/c1-7(2)10(13)12-9-5-3-8(11)4-6-9/h3-6H,1,11H2,2H3,(H,12,13)/p+1. The summed E-state index contributed by atoms with van der Waals surface area (Å²) in [7, 11) is 0. The number of hydrogen-bond donors (Lipinski definition) is 2. The zero-order valence-corrected chi connectivity index (χ0v) is 7.63. The van der Waals surface area contributed by atoms with E-state index in [0.29, 0.717) is 5.57 Å². The van der Waals surface area contributed by atoms with E-state index in [9.17, 15) is 4.79 Å². The number of rotatable bonds is 2. The number of nitrogens with one attached hydrogen (secondary N) is 1. The van der Waals surface area contributed by atoms with Crippen LogP contribution in [0.5, 0.6) is 0 Å². The Morgan fingerprint density at radius 2 is 1.92 bits per heavy atom. The first-order valence-electron chi connectivity index (χ1n) is 3.98. The lowest BCUT2D eigenvalue weighted by molar-refractivity contribution is -0.254. The van der Waals surface area contributed by atoms with Crippen molar-refractivity contribution < 1.29 is 10.5 Å². The normalized spacial score (nSPS) is 9.38. The fraction of sp³-hybridized carbons (Fsp3) is 0.100. The van der Waals surface area contributed by atoms with Crippen LogP contribution in [0.1, 0.15) is 6.92 Å². The molecule has 0 heterocycles. The topological polar surface area (TPSA) is 56.7 Å². The van der Waals surface area contributed by atoms with Gasteiger partial charge in [0.25, 0.3) is 5.91 Å². The molecule has 0 fully saturated rings. The molecule has 0 aromatic heterocycles. The van der Waals surface area contributed by atoms with Crippen molar-refractivity contribution >= 4 is 17.3 Å². The molecule has 0 saturated heterocycles. The van der Waals surface area contributed by atoms with E-state index in [1.54, 1.807) is 6.92 Å². The van der Waals surface area contributed by atoms with Crippen molar-refractivity contribution in [3.63, 3.8) is 0 Å². The van der Waals surface area contributed by atoms with Gasteiger partial charge in [-0.1, -0.05) is 6.58 Å². The molecule has 0 radical (unpaired) electrons. The zero-order chi connectivity index (χ0) is 9.84. The molecule has 0 unspecified atom stereocenters. The van der Waals surface area contributed by atoms with E-state index in [1.165, 1.54) is 0 Å². The zero-order valence-electron chi connectivity index (χ0n) is 7.63. The number of hydrogen-bond acceptors (Lipinski definition) is 1. The third-order valence-electron chi connectivity index (χ3n) is 1.60. The first-order chi connectivity index (χ1) is 6.09. The second-order valence-electron chi connectivity index (χ2n) is 2.93. The van der Waals surface area contributed by atoms with Crippen molar-refractivity contribution in [3.8, 4) is 0 Å². The third kappa shape index (κ3) is 2.72. The van der Waals surface area contributed by atoms with E-state index in [-0.39, 0.29) is 5.91 Å². The molecule has 0 aliphatic carbocycles. The summed E-state index contributed by atoms with van der Waals surface area (Å²) in [6.07, 6.45) is 0. The van der Waals surface area contributed by atoms with Gasteiger partial charge in [-0.2, -0.15) is 0 Å². The Labute approximate surface area is 77.3 Å². The molecule has 0 saturated carbocycles. The van der Waals surface area contributed by atoms with Crippen molar-refractivity contribution in [3.05, 3.63) is 36.4 Å². The molecule has 1 aromatic rings. The van der Waals surface area contributed by atoms with Crippen molar-refractivity contribution in [1.82, 2.24) is 0 Å². The minimum absolute atomic E-state index is 0.156. The summed E-state index contributed by atoms with van der Waals surface area (Å²) >= 11 is 0. The highest BCUT2D eigenvalue weighted by Crippen LogP contribution is 2.09. The molecule has 3 nitrogen and oxygen atoms in total. The van der Waals surface area contributed by atoms with E-state index in [2.05, 4.69) is 17.6 Å². The Balaban J connectivity index is 2.70. The van der Waals surface area contributed by atoms with Crippen LogP contribution in [0.15, 0.2) is 36.4 Å². The maximum absolute atomic E-state index is 11.2. The van der Waals surface area contributed by atoms with Gasteiger partial charge in [0.1, 0.15) is 5.69 Å². The second-order valence-corrected chi connectivity index (χ2v) is 2.93. The molecule has 0 atom stereocenters. The highest BCUT2D eigenvalue weighted by atomic mass is 16.1. The highest BCUT2D eigenvalue weighted by Gasteiger charge is 2.01. The van der Waals surface area contributed by atoms with Gasteiger partial charge in [0.05, 0.1) is 0 Å². The average molecular weight is 177 g/mol. The van der Waals surface area contributed by atoms with Gasteiger partial charge in [0.15, 0.2) is 0 Å². The van der Waals surface area contributed by atoms with Crippen molar-refractivity contribution in [2.24, 2.45) is 0 Å². The highest BCUT2D eigenvalue weighted by molar-refractivity contribution is 6.02. The van der Waals surface area contributed by atoms with Crippen LogP contribution in [0.25, 0.3) is 0 Å². The number of anilines is 1. The molecule has 0 bridgehead atoms. The first kappa shape index (κ1) is 9.48. The Kier molecular flexibility index (Phi) is 2.82. The third-order valence-corrected chi connectivity index (χ3v) is 1.60. The van der Waals surface area contributed by atoms with Crippen LogP contribution >= 0.6 is 0 Å². The van der Waals surface area contributed by atoms with Crippen molar-refractivity contribution in [2.45, 2.75) is 6.92 Å². The van der Waals surface area contributed by atoms with E-state index in [4.69, 9.17) is 0 Å². The average Bonchev–Trinajstić information content (AvgIpc) is 2.08. The summed E-state index contributed by atoms with van der Waals surface area (Å²) in [5, 5.41) is 2.70. The van der Waals surface area contributed by atoms with E-state index >= 15 is 0 Å². The molecule has 3 heteroatoms. The second kappa shape index (κ2) is 3.87. The number of amides is 1. The van der Waals surface area contributed by atoms with Gasteiger partial charge in [-0.15, -0.1) is 0 Å². The van der Waals surface area contributed by atoms with Gasteiger partial charge in [-0.25, -0.2) is 0 Å². The lowest BCUT2D eigenvalue weighted by Crippen LogP contribution is -2.39. The molecule has 0 aliphatic heterocycles. The van der Waals surface area contributed by atoms with Gasteiger partial charge in [-0.05, 0) is 19.1 Å². The summed E-state index contributed by atoms with van der Waals surface area (Å²) in [4.78, 5) is 11.2. The predicted octanol–water partition coefficient (Wildman–Crippen LogP) is 1.07. The van der Waals surface area contributed by atoms with Crippen LogP contribution in [0, 0.1) is 0 Å². The number of benzene rings is 1. The first-order valence-corrected chi connectivity index (χ1v) is 3.98. The molecule has 0 aliphatic rings. The van der Waals surface area contributed by atoms with Gasteiger partial charge in [0, 0.05) is 23.4 Å². The van der Waals surface area contributed by atoms with Crippen LogP contribution < -0.4 is 11.1 Å². The van der Waals surface area contributed by atoms with E-state index < -0.39 is 0 Å². The summed E-state index contributed by atoms with van der Waals surface area (Å²) in [5.41, 5.74) is 5.93. The van der Waals surface area contributed by atoms with Gasteiger partial charge < -0.3 is 11.1 Å². The minimum Gasteiger partial charge on any atom is -0.325 e. The number of carbonyl (C=O) groups is 1. The number of carbonyl (C=O) groups excluding carboxylic acids is 1. The van der Waals surface area contributed by atoms with Gasteiger partial charge >= 0.3 is 0 Å². The Hall–Kier alpha value is -1.61. The van der Waals surface area contributed by atoms with Crippen molar-refractivity contribution in [2.75, 3.05) is 5.32 Å². The molecule has 13 heavy (non-hydrogen) atoms. The molecule has 1 amide bonds. The lowest BCUT2D eigenvalue weighted by Gasteiger charge is -2.03. The van der Waals surface area contributed by atoms with E-state index in [1.807, 2.05) is 24.3 Å². The summed E-state index contributed by atoms with van der Waals surface area (Å²) in [5.74, 6) is -0.156. The molecule has 0 spiro atoms. The molecule has 1 rings (SSSR count). The Bertz CT molecular complexity index is 327. The summed E-state index contributed by atoms with van der Waals surface area (Å²) < 4.78 is 0. The quantitative estimate of drug-likeness (QED) is 0.652. The molecule has 4 N–H and O–H groups in total. The Morgan fingerprint density at radius 1 is 1.38 bits per heavy atom. The van der Waals surface area contributed by atoms with Gasteiger partial charge in [0.2, 0.25) is 0 Å².